The summed E-state index contributed by atoms with van der Waals surface area (Å²) >= 11 is 0. The minimum Gasteiger partial charge on any atom is -0.467 e. The average molecular weight is 319 g/mol. The summed E-state index contributed by atoms with van der Waals surface area (Å²) < 4.78 is 32.8. The van der Waals surface area contributed by atoms with Crippen molar-refractivity contribution in [1.29, 1.82) is 0 Å². The molecule has 0 amide bonds. The summed E-state index contributed by atoms with van der Waals surface area (Å²) in [5, 5.41) is 19.8. The van der Waals surface area contributed by atoms with Crippen molar-refractivity contribution in [3.63, 3.8) is 0 Å². The first-order valence-electron chi connectivity index (χ1n) is 5.62. The monoisotopic (exact) mass is 319 g/mol. The number of rotatable bonds is 6. The third kappa shape index (κ3) is 4.21. The fourth-order valence-corrected chi connectivity index (χ4v) is 2.45. The van der Waals surface area contributed by atoms with Gasteiger partial charge in [-0.2, -0.15) is 8.42 Å². The van der Waals surface area contributed by atoms with E-state index in [2.05, 4.69) is 8.92 Å². The molecule has 0 fully saturated rings. The molecule has 0 saturated heterocycles. The van der Waals surface area contributed by atoms with Crippen LogP contribution in [0.25, 0.3) is 0 Å². The van der Waals surface area contributed by atoms with E-state index in [0.717, 1.165) is 38.3 Å². The number of nitro groups is 1. The second-order valence-electron chi connectivity index (χ2n) is 3.99. The van der Waals surface area contributed by atoms with E-state index in [1.54, 1.807) is 0 Å². The van der Waals surface area contributed by atoms with Gasteiger partial charge in [-0.1, -0.05) is 0 Å². The Kier molecular flexibility index (Phi) is 5.35. The van der Waals surface area contributed by atoms with Gasteiger partial charge in [0.25, 0.3) is 15.8 Å². The molecule has 1 aromatic rings. The first-order valence-corrected chi connectivity index (χ1v) is 7.03. The lowest BCUT2D eigenvalue weighted by molar-refractivity contribution is -0.384. The predicted octanol–water partition coefficient (Wildman–Crippen LogP) is 0.222. The van der Waals surface area contributed by atoms with E-state index in [-0.39, 0.29) is 10.6 Å². The molecule has 0 aliphatic rings. The second kappa shape index (κ2) is 6.61. The van der Waals surface area contributed by atoms with E-state index < -0.39 is 33.2 Å². The summed E-state index contributed by atoms with van der Waals surface area (Å²) in [5.41, 5.74) is -0.297. The number of esters is 1. The fourth-order valence-electron chi connectivity index (χ4n) is 1.36. The number of ether oxygens (including phenoxy) is 1. The molecule has 0 spiro atoms. The molecule has 0 heterocycles. The number of hydrogen-bond acceptors (Lipinski definition) is 8. The number of methoxy groups -OCH3 is 1. The first-order chi connectivity index (χ1) is 9.69. The zero-order valence-corrected chi connectivity index (χ0v) is 11.9. The van der Waals surface area contributed by atoms with Gasteiger partial charge in [0.1, 0.15) is 0 Å². The largest absolute Gasteiger partial charge is 0.467 e. The topological polar surface area (TPSA) is 133 Å². The predicted molar refractivity (Wildman–Crippen MR) is 68.9 cm³/mol. The standard InChI is InChI=1S/C11H13NO8S/c1-7(13)10(11(14)19-2)20-21(17,18)9-5-3-8(4-6-9)12(15)16/h3-7,10,13H,1-2H3/t7-,10-/m1/s1. The highest BCUT2D eigenvalue weighted by molar-refractivity contribution is 7.86. The van der Waals surface area contributed by atoms with Crippen LogP contribution in [0.2, 0.25) is 0 Å². The highest BCUT2D eigenvalue weighted by atomic mass is 32.2. The van der Waals surface area contributed by atoms with Gasteiger partial charge in [0, 0.05) is 12.1 Å². The minimum atomic E-state index is -4.39. The van der Waals surface area contributed by atoms with Gasteiger partial charge in [0.2, 0.25) is 0 Å². The molecular weight excluding hydrogens is 306 g/mol. The number of nitro benzene ring substituents is 1. The maximum atomic E-state index is 11.9. The van der Waals surface area contributed by atoms with Crippen molar-refractivity contribution in [3.05, 3.63) is 34.4 Å². The fraction of sp³-hybridized carbons (Fsp3) is 0.364. The zero-order chi connectivity index (χ0) is 16.2. The number of benzene rings is 1. The van der Waals surface area contributed by atoms with E-state index >= 15 is 0 Å². The summed E-state index contributed by atoms with van der Waals surface area (Å²) in [6, 6.07) is 3.88. The van der Waals surface area contributed by atoms with Crippen LogP contribution >= 0.6 is 0 Å². The van der Waals surface area contributed by atoms with E-state index in [9.17, 15) is 28.4 Å². The Hall–Kier alpha value is -2.04. The highest BCUT2D eigenvalue weighted by Gasteiger charge is 2.32. The Labute approximate surface area is 120 Å². The third-order valence-electron chi connectivity index (χ3n) is 2.44. The molecule has 1 rings (SSSR count). The van der Waals surface area contributed by atoms with Crippen LogP contribution in [-0.4, -0.2) is 43.7 Å². The van der Waals surface area contributed by atoms with Gasteiger partial charge >= 0.3 is 5.97 Å². The van der Waals surface area contributed by atoms with Gasteiger partial charge in [-0.15, -0.1) is 0 Å². The van der Waals surface area contributed by atoms with Crippen molar-refractivity contribution < 1.29 is 32.2 Å². The lowest BCUT2D eigenvalue weighted by atomic mass is 10.2. The van der Waals surface area contributed by atoms with Crippen molar-refractivity contribution in [2.24, 2.45) is 0 Å². The Morgan fingerprint density at radius 3 is 2.24 bits per heavy atom. The molecule has 0 bridgehead atoms. The van der Waals surface area contributed by atoms with Gasteiger partial charge in [-0.3, -0.25) is 10.1 Å². The van der Waals surface area contributed by atoms with Gasteiger partial charge in [0.15, 0.2) is 6.10 Å². The van der Waals surface area contributed by atoms with Gasteiger partial charge in [-0.25, -0.2) is 8.98 Å². The Balaban J connectivity index is 3.04. The van der Waals surface area contributed by atoms with Crippen molar-refractivity contribution in [2.75, 3.05) is 7.11 Å². The van der Waals surface area contributed by atoms with Crippen molar-refractivity contribution in [1.82, 2.24) is 0 Å². The number of non-ortho nitro benzene ring substituents is 1. The summed E-state index contributed by atoms with van der Waals surface area (Å²) in [6.07, 6.45) is -3.15. The first kappa shape index (κ1) is 17.0. The molecule has 21 heavy (non-hydrogen) atoms. The lowest BCUT2D eigenvalue weighted by Crippen LogP contribution is -2.37. The molecule has 1 N–H and O–H groups in total. The lowest BCUT2D eigenvalue weighted by Gasteiger charge is -2.17. The number of hydrogen-bond donors (Lipinski definition) is 1. The minimum absolute atomic E-state index is 0.297. The van der Waals surface area contributed by atoms with Gasteiger partial charge in [0.05, 0.1) is 23.0 Å². The summed E-state index contributed by atoms with van der Waals surface area (Å²) in [4.78, 5) is 20.8. The molecule has 2 atom stereocenters. The summed E-state index contributed by atoms with van der Waals surface area (Å²) in [6.45, 7) is 1.16. The number of nitrogens with zero attached hydrogens (tertiary/aromatic N) is 1. The van der Waals surface area contributed by atoms with Crippen molar-refractivity contribution in [3.8, 4) is 0 Å². The van der Waals surface area contributed by atoms with Gasteiger partial charge < -0.3 is 9.84 Å². The Morgan fingerprint density at radius 1 is 1.33 bits per heavy atom. The Morgan fingerprint density at radius 2 is 1.86 bits per heavy atom. The molecular formula is C11H13NO8S. The quantitative estimate of drug-likeness (QED) is 0.341. The number of carbonyl (C=O) groups is 1. The molecule has 0 aromatic heterocycles. The van der Waals surface area contributed by atoms with Crippen LogP contribution in [0.15, 0.2) is 29.2 Å². The molecule has 0 aliphatic heterocycles. The third-order valence-corrected chi connectivity index (χ3v) is 3.75. The maximum absolute atomic E-state index is 11.9. The van der Waals surface area contributed by atoms with E-state index in [1.165, 1.54) is 0 Å². The molecule has 0 aliphatic carbocycles. The molecule has 116 valence electrons. The molecule has 0 radical (unpaired) electrons. The highest BCUT2D eigenvalue weighted by Crippen LogP contribution is 2.19. The van der Waals surface area contributed by atoms with Crippen LogP contribution in [-0.2, 0) is 23.8 Å². The smallest absolute Gasteiger partial charge is 0.339 e. The molecule has 10 heteroatoms. The van der Waals surface area contributed by atoms with E-state index in [4.69, 9.17) is 0 Å². The van der Waals surface area contributed by atoms with Gasteiger partial charge in [-0.05, 0) is 19.1 Å². The Bertz CT molecular complexity index is 622. The van der Waals surface area contributed by atoms with Crippen LogP contribution in [0.4, 0.5) is 5.69 Å². The molecule has 0 unspecified atom stereocenters. The molecule has 0 saturated carbocycles. The average Bonchev–Trinajstić information content (AvgIpc) is 2.43. The SMILES string of the molecule is COC(=O)[C@H](OS(=O)(=O)c1ccc([N+](=O)[O-])cc1)[C@@H](C)O. The zero-order valence-electron chi connectivity index (χ0n) is 11.1. The number of aliphatic hydroxyl groups is 1. The summed E-state index contributed by atoms with van der Waals surface area (Å²) in [5.74, 6) is -1.06. The van der Waals surface area contributed by atoms with Crippen molar-refractivity contribution >= 4 is 21.8 Å². The van der Waals surface area contributed by atoms with E-state index in [1.807, 2.05) is 0 Å². The van der Waals surface area contributed by atoms with Crippen LogP contribution in [0, 0.1) is 10.1 Å². The van der Waals surface area contributed by atoms with Crippen LogP contribution in [0.5, 0.6) is 0 Å². The maximum Gasteiger partial charge on any atom is 0.339 e. The normalized spacial score (nSPS) is 14.2. The van der Waals surface area contributed by atoms with E-state index in [0.29, 0.717) is 0 Å². The van der Waals surface area contributed by atoms with Crippen LogP contribution < -0.4 is 0 Å². The van der Waals surface area contributed by atoms with Crippen LogP contribution in [0.1, 0.15) is 6.92 Å². The number of carbonyl (C=O) groups excluding carboxylic acids is 1. The second-order valence-corrected chi connectivity index (χ2v) is 5.56. The number of aliphatic hydroxyl groups excluding tert-OH is 1. The van der Waals surface area contributed by atoms with Crippen molar-refractivity contribution in [2.45, 2.75) is 24.0 Å². The molecule has 9 nitrogen and oxygen atoms in total. The summed E-state index contributed by atoms with van der Waals surface area (Å²) in [7, 11) is -3.37. The van der Waals surface area contributed by atoms with Crippen LogP contribution in [0.3, 0.4) is 0 Å². The molecule has 1 aromatic carbocycles.